The van der Waals surface area contributed by atoms with Gasteiger partial charge in [0.25, 0.3) is 0 Å². The average Bonchev–Trinajstić information content (AvgIpc) is 2.39. The lowest BCUT2D eigenvalue weighted by Gasteiger charge is -2.18. The lowest BCUT2D eigenvalue weighted by atomic mass is 9.95. The van der Waals surface area contributed by atoms with Gasteiger partial charge in [-0.15, -0.1) is 0 Å². The summed E-state index contributed by atoms with van der Waals surface area (Å²) in [4.78, 5) is 18.5. The third-order valence-corrected chi connectivity index (χ3v) is 3.26. The first-order valence-corrected chi connectivity index (χ1v) is 6.73. The van der Waals surface area contributed by atoms with Crippen LogP contribution in [-0.4, -0.2) is 27.7 Å². The van der Waals surface area contributed by atoms with Crippen molar-refractivity contribution in [2.45, 2.75) is 5.92 Å². The number of hydrogen-bond acceptors (Lipinski definition) is 3. The summed E-state index contributed by atoms with van der Waals surface area (Å²) in [6, 6.07) is 2.86. The highest BCUT2D eigenvalue weighted by atomic mass is 35.5. The van der Waals surface area contributed by atoms with E-state index in [0.29, 0.717) is 6.07 Å². The fourth-order valence-electron chi connectivity index (χ4n) is 1.93. The van der Waals surface area contributed by atoms with Gasteiger partial charge in [-0.3, -0.25) is 4.98 Å². The molecule has 116 valence electrons. The van der Waals surface area contributed by atoms with Gasteiger partial charge in [0.2, 0.25) is 0 Å². The number of nitrogens with zero attached hydrogens (tertiary/aromatic N) is 2. The number of aromatic nitrogens is 2. The average molecular weight is 348 g/mol. The number of halogens is 4. The highest BCUT2D eigenvalue weighted by Gasteiger charge is 2.22. The molecule has 1 atom stereocenters. The zero-order valence-corrected chi connectivity index (χ0v) is 12.4. The van der Waals surface area contributed by atoms with Gasteiger partial charge in [-0.2, -0.15) is 0 Å². The summed E-state index contributed by atoms with van der Waals surface area (Å²) in [5.41, 5.74) is 0.328. The summed E-state index contributed by atoms with van der Waals surface area (Å²) >= 11 is 11.6. The van der Waals surface area contributed by atoms with Gasteiger partial charge < -0.3 is 10.4 Å². The molecule has 0 aliphatic carbocycles. The number of carboxylic acid groups (broad SMARTS) is 1. The molecule has 9 heteroatoms. The normalized spacial score (nSPS) is 12.0. The standard InChI is InChI=1S/C13H9Cl2F2N3O2/c14-10-5-18-11(12(15)20-10)9(4-19-13(21)22)6-1-7(16)3-8(17)2-6/h1-3,5,9,19H,4H2,(H,21,22). The topological polar surface area (TPSA) is 75.1 Å². The number of benzene rings is 1. The molecule has 0 aliphatic heterocycles. The van der Waals surface area contributed by atoms with Gasteiger partial charge in [-0.25, -0.2) is 18.6 Å². The summed E-state index contributed by atoms with van der Waals surface area (Å²) in [5, 5.41) is 10.8. The molecule has 5 nitrogen and oxygen atoms in total. The Labute approximate surface area is 133 Å². The van der Waals surface area contributed by atoms with Crippen molar-refractivity contribution in [3.8, 4) is 0 Å². The predicted octanol–water partition coefficient (Wildman–Crippen LogP) is 3.46. The van der Waals surface area contributed by atoms with Gasteiger partial charge >= 0.3 is 6.09 Å². The van der Waals surface area contributed by atoms with Gasteiger partial charge in [-0.05, 0) is 17.7 Å². The fourth-order valence-corrected chi connectivity index (χ4v) is 2.38. The third kappa shape index (κ3) is 4.02. The molecule has 0 spiro atoms. The van der Waals surface area contributed by atoms with Gasteiger partial charge in [0.1, 0.15) is 16.8 Å². The second kappa shape index (κ2) is 6.85. The summed E-state index contributed by atoms with van der Waals surface area (Å²) < 4.78 is 26.8. The van der Waals surface area contributed by atoms with Crippen molar-refractivity contribution in [3.05, 3.63) is 57.6 Å². The molecule has 0 fully saturated rings. The number of rotatable bonds is 4. The lowest BCUT2D eigenvalue weighted by molar-refractivity contribution is 0.194. The molecule has 0 aliphatic rings. The molecule has 2 aromatic rings. The zero-order chi connectivity index (χ0) is 16.3. The maximum absolute atomic E-state index is 13.4. The molecule has 0 saturated heterocycles. The van der Waals surface area contributed by atoms with Crippen LogP contribution in [-0.2, 0) is 0 Å². The highest BCUT2D eigenvalue weighted by molar-refractivity contribution is 6.32. The highest BCUT2D eigenvalue weighted by Crippen LogP contribution is 2.29. The maximum Gasteiger partial charge on any atom is 0.404 e. The predicted molar refractivity (Wildman–Crippen MR) is 76.3 cm³/mol. The monoisotopic (exact) mass is 347 g/mol. The molecule has 1 unspecified atom stereocenters. The second-order valence-electron chi connectivity index (χ2n) is 4.31. The minimum atomic E-state index is -1.29. The Morgan fingerprint density at radius 2 is 1.91 bits per heavy atom. The van der Waals surface area contributed by atoms with Crippen LogP contribution in [0.15, 0.2) is 24.4 Å². The van der Waals surface area contributed by atoms with Crippen LogP contribution in [0.3, 0.4) is 0 Å². The summed E-state index contributed by atoms with van der Waals surface area (Å²) in [6.45, 7) is -0.186. The molecular weight excluding hydrogens is 339 g/mol. The minimum Gasteiger partial charge on any atom is -0.465 e. The van der Waals surface area contributed by atoms with Gasteiger partial charge in [0, 0.05) is 18.5 Å². The molecular formula is C13H9Cl2F2N3O2. The van der Waals surface area contributed by atoms with Gasteiger partial charge in [0.05, 0.1) is 11.9 Å². The second-order valence-corrected chi connectivity index (χ2v) is 5.06. The van der Waals surface area contributed by atoms with Crippen molar-refractivity contribution in [1.82, 2.24) is 15.3 Å². The summed E-state index contributed by atoms with van der Waals surface area (Å²) in [7, 11) is 0. The van der Waals surface area contributed by atoms with Crippen LogP contribution >= 0.6 is 23.2 Å². The van der Waals surface area contributed by atoms with Gasteiger partial charge in [-0.1, -0.05) is 23.2 Å². The number of carbonyl (C=O) groups is 1. The van der Waals surface area contributed by atoms with E-state index in [0.717, 1.165) is 12.1 Å². The third-order valence-electron chi connectivity index (χ3n) is 2.80. The number of nitrogens with one attached hydrogen (secondary N) is 1. The van der Waals surface area contributed by atoms with E-state index in [1.165, 1.54) is 6.20 Å². The van der Waals surface area contributed by atoms with Crippen LogP contribution in [0.2, 0.25) is 10.3 Å². The van der Waals surface area contributed by atoms with Crippen LogP contribution < -0.4 is 5.32 Å². The SMILES string of the molecule is O=C(O)NCC(c1cc(F)cc(F)c1)c1ncc(Cl)nc1Cl. The van der Waals surface area contributed by atoms with Crippen LogP contribution in [0.5, 0.6) is 0 Å². The summed E-state index contributed by atoms with van der Waals surface area (Å²) in [5.74, 6) is -2.42. The Morgan fingerprint density at radius 3 is 2.45 bits per heavy atom. The Morgan fingerprint density at radius 1 is 1.27 bits per heavy atom. The van der Waals surface area contributed by atoms with Crippen LogP contribution in [0, 0.1) is 11.6 Å². The fraction of sp³-hybridized carbons (Fsp3) is 0.154. The molecule has 0 saturated carbocycles. The van der Waals surface area contributed by atoms with E-state index in [9.17, 15) is 13.6 Å². The molecule has 0 bridgehead atoms. The largest absolute Gasteiger partial charge is 0.465 e. The summed E-state index contributed by atoms with van der Waals surface area (Å²) in [6.07, 6.45) is -0.0773. The number of hydrogen-bond donors (Lipinski definition) is 2. The Bertz CT molecular complexity index is 695. The van der Waals surface area contributed by atoms with E-state index in [-0.39, 0.29) is 28.1 Å². The van der Waals surface area contributed by atoms with Crippen molar-refractivity contribution < 1.29 is 18.7 Å². The van der Waals surface area contributed by atoms with Crippen LogP contribution in [0.25, 0.3) is 0 Å². The van der Waals surface area contributed by atoms with Crippen molar-refractivity contribution in [1.29, 1.82) is 0 Å². The van der Waals surface area contributed by atoms with Crippen molar-refractivity contribution in [2.75, 3.05) is 6.54 Å². The van der Waals surface area contributed by atoms with E-state index in [1.807, 2.05) is 0 Å². The Hall–Kier alpha value is -1.99. The van der Waals surface area contributed by atoms with Gasteiger partial charge in [0.15, 0.2) is 5.15 Å². The maximum atomic E-state index is 13.4. The van der Waals surface area contributed by atoms with Crippen molar-refractivity contribution in [2.24, 2.45) is 0 Å². The minimum absolute atomic E-state index is 0.0455. The van der Waals surface area contributed by atoms with Crippen LogP contribution in [0.1, 0.15) is 17.2 Å². The lowest BCUT2D eigenvalue weighted by Crippen LogP contribution is -2.28. The molecule has 22 heavy (non-hydrogen) atoms. The molecule has 2 N–H and O–H groups in total. The quantitative estimate of drug-likeness (QED) is 0.887. The molecule has 1 amide bonds. The number of amides is 1. The first-order valence-electron chi connectivity index (χ1n) is 5.97. The van der Waals surface area contributed by atoms with E-state index in [4.69, 9.17) is 28.3 Å². The smallest absolute Gasteiger partial charge is 0.404 e. The van der Waals surface area contributed by atoms with E-state index >= 15 is 0 Å². The molecule has 1 aromatic heterocycles. The molecule has 1 aromatic carbocycles. The molecule has 1 heterocycles. The van der Waals surface area contributed by atoms with E-state index in [2.05, 4.69) is 15.3 Å². The molecule has 2 rings (SSSR count). The van der Waals surface area contributed by atoms with Crippen LogP contribution in [0.4, 0.5) is 13.6 Å². The van der Waals surface area contributed by atoms with E-state index in [1.54, 1.807) is 0 Å². The first kappa shape index (κ1) is 16.4. The van der Waals surface area contributed by atoms with E-state index < -0.39 is 23.6 Å². The van der Waals surface area contributed by atoms with Crippen molar-refractivity contribution in [3.63, 3.8) is 0 Å². The van der Waals surface area contributed by atoms with Crippen molar-refractivity contribution >= 4 is 29.3 Å². The Balaban J connectivity index is 2.47. The zero-order valence-electron chi connectivity index (χ0n) is 10.9. The molecule has 0 radical (unpaired) electrons. The Kier molecular flexibility index (Phi) is 5.10. The first-order chi connectivity index (χ1) is 10.4.